The van der Waals surface area contributed by atoms with Crippen molar-refractivity contribution in [1.29, 1.82) is 0 Å². The minimum Gasteiger partial charge on any atom is -0.422 e. The van der Waals surface area contributed by atoms with Crippen LogP contribution < -0.4 is 10.2 Å². The zero-order chi connectivity index (χ0) is 23.1. The Labute approximate surface area is 190 Å². The Morgan fingerprint density at radius 3 is 2.53 bits per heavy atom. The van der Waals surface area contributed by atoms with E-state index in [1.807, 2.05) is 0 Å². The summed E-state index contributed by atoms with van der Waals surface area (Å²) in [4.78, 5) is 35.1. The Hall–Kier alpha value is -3.89. The van der Waals surface area contributed by atoms with Crippen LogP contribution in [0.25, 0.3) is 0 Å². The van der Waals surface area contributed by atoms with Gasteiger partial charge in [-0.2, -0.15) is 5.10 Å². The van der Waals surface area contributed by atoms with Crippen LogP contribution in [0, 0.1) is 10.1 Å². The molecular weight excluding hydrogens is 482 g/mol. The van der Waals surface area contributed by atoms with Crippen LogP contribution in [0.15, 0.2) is 82.4 Å². The second-order valence-corrected chi connectivity index (χ2v) is 7.34. The van der Waals surface area contributed by atoms with Crippen LogP contribution in [0.1, 0.15) is 27.6 Å². The first-order valence-electron chi connectivity index (χ1n) is 9.17. The average Bonchev–Trinajstić information content (AvgIpc) is 2.79. The highest BCUT2D eigenvalue weighted by Gasteiger charge is 2.17. The van der Waals surface area contributed by atoms with Gasteiger partial charge in [0, 0.05) is 22.2 Å². The molecule has 1 amide bonds. The zero-order valence-corrected chi connectivity index (χ0v) is 17.9. The van der Waals surface area contributed by atoms with Gasteiger partial charge in [-0.15, -0.1) is 0 Å². The lowest BCUT2D eigenvalue weighted by molar-refractivity contribution is -0.384. The molecule has 9 nitrogen and oxygen atoms in total. The maximum absolute atomic E-state index is 12.4. The standard InChI is InChI=1S/C22H16BrN3O6/c23-17-8-4-7-15(11-17)22(29)32-19-10-9-18(26(30)31)12-16(19)13-24-25-21(28)20(27)14-5-2-1-3-6-14/h1-13,20,27H,(H,25,28). The molecule has 3 aromatic rings. The van der Waals surface area contributed by atoms with Crippen molar-refractivity contribution in [2.24, 2.45) is 5.10 Å². The van der Waals surface area contributed by atoms with E-state index in [4.69, 9.17) is 4.74 Å². The summed E-state index contributed by atoms with van der Waals surface area (Å²) in [5.74, 6) is -1.48. The van der Waals surface area contributed by atoms with Crippen molar-refractivity contribution in [3.63, 3.8) is 0 Å². The predicted molar refractivity (Wildman–Crippen MR) is 119 cm³/mol. The Kier molecular flexibility index (Phi) is 7.42. The fourth-order valence-corrected chi connectivity index (χ4v) is 3.03. The normalized spacial score (nSPS) is 11.7. The van der Waals surface area contributed by atoms with Crippen molar-refractivity contribution < 1.29 is 24.4 Å². The van der Waals surface area contributed by atoms with Crippen LogP contribution in [0.5, 0.6) is 5.75 Å². The number of carbonyl (C=O) groups is 2. The van der Waals surface area contributed by atoms with Crippen molar-refractivity contribution in [3.05, 3.63) is 104 Å². The highest BCUT2D eigenvalue weighted by atomic mass is 79.9. The Morgan fingerprint density at radius 2 is 1.84 bits per heavy atom. The van der Waals surface area contributed by atoms with E-state index in [1.54, 1.807) is 54.6 Å². The number of benzene rings is 3. The lowest BCUT2D eigenvalue weighted by atomic mass is 10.1. The van der Waals surface area contributed by atoms with Gasteiger partial charge in [-0.25, -0.2) is 10.2 Å². The lowest BCUT2D eigenvalue weighted by Gasteiger charge is -2.09. The van der Waals surface area contributed by atoms with E-state index in [0.717, 1.165) is 12.3 Å². The second kappa shape index (κ2) is 10.4. The molecule has 3 aromatic carbocycles. The topological polar surface area (TPSA) is 131 Å². The number of hydrogen-bond donors (Lipinski definition) is 2. The van der Waals surface area contributed by atoms with Crippen LogP contribution in [-0.4, -0.2) is 28.1 Å². The number of nitrogens with zero attached hydrogens (tertiary/aromatic N) is 2. The number of ether oxygens (including phenoxy) is 1. The van der Waals surface area contributed by atoms with Crippen LogP contribution in [0.3, 0.4) is 0 Å². The number of hydrogen-bond acceptors (Lipinski definition) is 7. The van der Waals surface area contributed by atoms with Gasteiger partial charge in [0.1, 0.15) is 5.75 Å². The molecule has 0 saturated carbocycles. The number of esters is 1. The molecule has 1 atom stereocenters. The molecule has 3 rings (SSSR count). The minimum atomic E-state index is -1.45. The number of rotatable bonds is 7. The molecule has 0 spiro atoms. The van der Waals surface area contributed by atoms with Crippen LogP contribution in [0.2, 0.25) is 0 Å². The number of aliphatic hydroxyl groups is 1. The van der Waals surface area contributed by atoms with E-state index in [9.17, 15) is 24.8 Å². The summed E-state index contributed by atoms with van der Waals surface area (Å²) in [7, 11) is 0. The van der Waals surface area contributed by atoms with Crippen LogP contribution in [0.4, 0.5) is 5.69 Å². The molecule has 162 valence electrons. The van der Waals surface area contributed by atoms with Crippen molar-refractivity contribution in [3.8, 4) is 5.75 Å². The highest BCUT2D eigenvalue weighted by molar-refractivity contribution is 9.10. The number of aliphatic hydroxyl groups excluding tert-OH is 1. The molecule has 0 fully saturated rings. The van der Waals surface area contributed by atoms with E-state index in [0.29, 0.717) is 10.0 Å². The molecule has 0 radical (unpaired) electrons. The number of halogens is 1. The number of amides is 1. The molecule has 32 heavy (non-hydrogen) atoms. The van der Waals surface area contributed by atoms with Gasteiger partial charge < -0.3 is 9.84 Å². The highest BCUT2D eigenvalue weighted by Crippen LogP contribution is 2.24. The smallest absolute Gasteiger partial charge is 0.343 e. The van der Waals surface area contributed by atoms with Gasteiger partial charge in [-0.3, -0.25) is 14.9 Å². The number of nitro groups is 1. The van der Waals surface area contributed by atoms with Crippen molar-refractivity contribution >= 4 is 39.7 Å². The fraction of sp³-hybridized carbons (Fsp3) is 0.0455. The Bertz CT molecular complexity index is 1180. The van der Waals surface area contributed by atoms with E-state index in [2.05, 4.69) is 26.5 Å². The maximum atomic E-state index is 12.4. The molecule has 0 saturated heterocycles. The average molecular weight is 498 g/mol. The van der Waals surface area contributed by atoms with Crippen LogP contribution in [-0.2, 0) is 4.79 Å². The number of carbonyl (C=O) groups excluding carboxylic acids is 2. The zero-order valence-electron chi connectivity index (χ0n) is 16.3. The number of nitrogens with one attached hydrogen (secondary N) is 1. The van der Waals surface area contributed by atoms with E-state index >= 15 is 0 Å². The summed E-state index contributed by atoms with van der Waals surface area (Å²) in [6.45, 7) is 0. The summed E-state index contributed by atoms with van der Waals surface area (Å²) in [6.07, 6.45) is -0.362. The summed E-state index contributed by atoms with van der Waals surface area (Å²) in [6, 6.07) is 18.3. The summed E-state index contributed by atoms with van der Waals surface area (Å²) >= 11 is 3.27. The molecule has 0 aromatic heterocycles. The van der Waals surface area contributed by atoms with Gasteiger partial charge in [-0.05, 0) is 29.8 Å². The third-order valence-corrected chi connectivity index (χ3v) is 4.70. The maximum Gasteiger partial charge on any atom is 0.343 e. The van der Waals surface area contributed by atoms with E-state index in [-0.39, 0.29) is 22.6 Å². The van der Waals surface area contributed by atoms with Crippen LogP contribution >= 0.6 is 15.9 Å². The SMILES string of the molecule is O=C(Oc1ccc([N+](=O)[O-])cc1C=NNC(=O)C(O)c1ccccc1)c1cccc(Br)c1. The lowest BCUT2D eigenvalue weighted by Crippen LogP contribution is -2.25. The molecule has 10 heteroatoms. The first-order chi connectivity index (χ1) is 15.3. The van der Waals surface area contributed by atoms with E-state index < -0.39 is 22.9 Å². The largest absolute Gasteiger partial charge is 0.422 e. The van der Waals surface area contributed by atoms with E-state index in [1.165, 1.54) is 12.1 Å². The first kappa shape index (κ1) is 22.8. The van der Waals surface area contributed by atoms with Gasteiger partial charge in [0.25, 0.3) is 11.6 Å². The molecule has 0 aliphatic heterocycles. The monoisotopic (exact) mass is 497 g/mol. The molecule has 0 bridgehead atoms. The predicted octanol–water partition coefficient (Wildman–Crippen LogP) is 3.76. The summed E-state index contributed by atoms with van der Waals surface area (Å²) in [5.41, 5.74) is 2.62. The van der Waals surface area contributed by atoms with Crippen molar-refractivity contribution in [2.75, 3.05) is 0 Å². The van der Waals surface area contributed by atoms with Gasteiger partial charge in [-0.1, -0.05) is 52.3 Å². The summed E-state index contributed by atoms with van der Waals surface area (Å²) in [5, 5.41) is 24.9. The van der Waals surface area contributed by atoms with Gasteiger partial charge in [0.05, 0.1) is 16.7 Å². The minimum absolute atomic E-state index is 0.00202. The van der Waals surface area contributed by atoms with Gasteiger partial charge >= 0.3 is 5.97 Å². The number of non-ortho nitro benzene ring substituents is 1. The second-order valence-electron chi connectivity index (χ2n) is 6.43. The quantitative estimate of drug-likeness (QED) is 0.168. The molecule has 0 heterocycles. The molecule has 0 aliphatic rings. The van der Waals surface area contributed by atoms with Gasteiger partial charge in [0.2, 0.25) is 0 Å². The molecule has 2 N–H and O–H groups in total. The first-order valence-corrected chi connectivity index (χ1v) is 9.96. The third-order valence-electron chi connectivity index (χ3n) is 4.21. The molecular formula is C22H16BrN3O6. The Morgan fingerprint density at radius 1 is 1.09 bits per heavy atom. The molecule has 1 unspecified atom stereocenters. The molecule has 0 aliphatic carbocycles. The van der Waals surface area contributed by atoms with Crippen molar-refractivity contribution in [2.45, 2.75) is 6.10 Å². The third kappa shape index (κ3) is 5.84. The summed E-state index contributed by atoms with van der Waals surface area (Å²) < 4.78 is 6.04. The number of hydrazone groups is 1. The number of nitro benzene ring substituents is 1. The Balaban J connectivity index is 1.79. The van der Waals surface area contributed by atoms with Crippen molar-refractivity contribution in [1.82, 2.24) is 5.43 Å². The van der Waals surface area contributed by atoms with Gasteiger partial charge in [0.15, 0.2) is 6.10 Å². The fourth-order valence-electron chi connectivity index (χ4n) is 2.63.